The van der Waals surface area contributed by atoms with Crippen molar-refractivity contribution in [2.24, 2.45) is 0 Å². The summed E-state index contributed by atoms with van der Waals surface area (Å²) >= 11 is 5.30. The van der Waals surface area contributed by atoms with Gasteiger partial charge in [-0.05, 0) is 45.4 Å². The molecule has 3 aromatic rings. The van der Waals surface area contributed by atoms with Crippen LogP contribution in [0.2, 0.25) is 0 Å². The van der Waals surface area contributed by atoms with Gasteiger partial charge in [0.25, 0.3) is 0 Å². The predicted octanol–water partition coefficient (Wildman–Crippen LogP) is 4.39. The van der Waals surface area contributed by atoms with Crippen molar-refractivity contribution in [1.29, 1.82) is 0 Å². The number of nitrogens with one attached hydrogen (secondary N) is 1. The highest BCUT2D eigenvalue weighted by atomic mass is 79.9. The lowest BCUT2D eigenvalue weighted by atomic mass is 10.1. The van der Waals surface area contributed by atoms with Gasteiger partial charge in [-0.15, -0.1) is 11.3 Å². The van der Waals surface area contributed by atoms with Crippen LogP contribution >= 0.6 is 27.3 Å². The maximum atomic E-state index is 4.31. The van der Waals surface area contributed by atoms with Crippen molar-refractivity contribution in [1.82, 2.24) is 10.3 Å². The van der Waals surface area contributed by atoms with Gasteiger partial charge in [0, 0.05) is 35.7 Å². The first kappa shape index (κ1) is 13.7. The Hall–Kier alpha value is -1.23. The summed E-state index contributed by atoms with van der Waals surface area (Å²) < 4.78 is 1.20. The van der Waals surface area contributed by atoms with Gasteiger partial charge in [0.2, 0.25) is 0 Å². The number of hydrogen-bond donors (Lipinski definition) is 1. The summed E-state index contributed by atoms with van der Waals surface area (Å²) in [7, 11) is 0. The molecule has 2 aromatic heterocycles. The Bertz CT molecular complexity index is 703. The fourth-order valence-corrected chi connectivity index (χ4v) is 3.72. The molecule has 1 aromatic carbocycles. The van der Waals surface area contributed by atoms with E-state index in [0.717, 1.165) is 19.5 Å². The Labute approximate surface area is 131 Å². The molecular formula is C16H15BrN2S. The third-order valence-electron chi connectivity index (χ3n) is 3.24. The Morgan fingerprint density at radius 1 is 1.10 bits per heavy atom. The summed E-state index contributed by atoms with van der Waals surface area (Å²) in [6, 6.07) is 12.7. The minimum atomic E-state index is 0.862. The van der Waals surface area contributed by atoms with Gasteiger partial charge >= 0.3 is 0 Å². The molecular weight excluding hydrogens is 332 g/mol. The third-order valence-corrected chi connectivity index (χ3v) is 4.93. The van der Waals surface area contributed by atoms with Crippen LogP contribution in [-0.4, -0.2) is 11.5 Å². The molecule has 2 nitrogen and oxygen atoms in total. The van der Waals surface area contributed by atoms with E-state index in [4.69, 9.17) is 0 Å². The average Bonchev–Trinajstić information content (AvgIpc) is 2.89. The third kappa shape index (κ3) is 3.26. The lowest BCUT2D eigenvalue weighted by molar-refractivity contribution is 0.692. The van der Waals surface area contributed by atoms with Crippen molar-refractivity contribution in [2.75, 3.05) is 6.54 Å². The standard InChI is InChI=1S/C16H15BrN2S/c17-16-6-5-14(20-16)7-8-18-10-13-11-19-9-12-3-1-2-4-15(12)13/h1-6,9,11,18H,7-8,10H2. The van der Waals surface area contributed by atoms with E-state index >= 15 is 0 Å². The quantitative estimate of drug-likeness (QED) is 0.693. The smallest absolute Gasteiger partial charge is 0.0701 e. The second-order valence-electron chi connectivity index (χ2n) is 4.65. The normalized spacial score (nSPS) is 11.1. The second kappa shape index (κ2) is 6.48. The van der Waals surface area contributed by atoms with E-state index in [0.29, 0.717) is 0 Å². The average molecular weight is 347 g/mol. The molecule has 0 aliphatic heterocycles. The van der Waals surface area contributed by atoms with Gasteiger partial charge in [0.05, 0.1) is 3.79 Å². The van der Waals surface area contributed by atoms with Crippen LogP contribution in [0.4, 0.5) is 0 Å². The molecule has 1 N–H and O–H groups in total. The molecule has 0 amide bonds. The van der Waals surface area contributed by atoms with E-state index in [1.165, 1.54) is 25.0 Å². The molecule has 0 saturated heterocycles. The molecule has 102 valence electrons. The number of hydrogen-bond acceptors (Lipinski definition) is 3. The zero-order valence-electron chi connectivity index (χ0n) is 11.0. The van der Waals surface area contributed by atoms with E-state index in [1.807, 2.05) is 12.4 Å². The number of pyridine rings is 1. The number of benzene rings is 1. The fourth-order valence-electron chi connectivity index (χ4n) is 2.24. The highest BCUT2D eigenvalue weighted by Gasteiger charge is 2.01. The fraction of sp³-hybridized carbons (Fsp3) is 0.188. The van der Waals surface area contributed by atoms with E-state index in [-0.39, 0.29) is 0 Å². The molecule has 0 fully saturated rings. The van der Waals surface area contributed by atoms with Crippen LogP contribution in [-0.2, 0) is 13.0 Å². The molecule has 0 bridgehead atoms. The molecule has 2 heterocycles. The van der Waals surface area contributed by atoms with E-state index in [9.17, 15) is 0 Å². The monoisotopic (exact) mass is 346 g/mol. The Kier molecular flexibility index (Phi) is 4.45. The van der Waals surface area contributed by atoms with Crippen molar-refractivity contribution in [3.8, 4) is 0 Å². The summed E-state index contributed by atoms with van der Waals surface area (Å²) in [5, 5.41) is 5.99. The second-order valence-corrected chi connectivity index (χ2v) is 7.20. The lowest BCUT2D eigenvalue weighted by Crippen LogP contribution is -2.16. The Morgan fingerprint density at radius 2 is 2.00 bits per heavy atom. The highest BCUT2D eigenvalue weighted by Crippen LogP contribution is 2.22. The van der Waals surface area contributed by atoms with Crippen molar-refractivity contribution in [2.45, 2.75) is 13.0 Å². The minimum absolute atomic E-state index is 0.862. The highest BCUT2D eigenvalue weighted by molar-refractivity contribution is 9.11. The minimum Gasteiger partial charge on any atom is -0.312 e. The number of halogens is 1. The first-order valence-corrected chi connectivity index (χ1v) is 8.20. The maximum Gasteiger partial charge on any atom is 0.0701 e. The number of fused-ring (bicyclic) bond motifs is 1. The lowest BCUT2D eigenvalue weighted by Gasteiger charge is -2.07. The van der Waals surface area contributed by atoms with Crippen molar-refractivity contribution < 1.29 is 0 Å². The molecule has 0 aliphatic carbocycles. The maximum absolute atomic E-state index is 4.31. The summed E-state index contributed by atoms with van der Waals surface area (Å²) in [5.41, 5.74) is 1.26. The summed E-state index contributed by atoms with van der Waals surface area (Å²) in [4.78, 5) is 5.71. The molecule has 0 aliphatic rings. The van der Waals surface area contributed by atoms with Gasteiger partial charge in [0.15, 0.2) is 0 Å². The van der Waals surface area contributed by atoms with E-state index < -0.39 is 0 Å². The molecule has 0 unspecified atom stereocenters. The van der Waals surface area contributed by atoms with Gasteiger partial charge in [-0.2, -0.15) is 0 Å². The largest absolute Gasteiger partial charge is 0.312 e. The van der Waals surface area contributed by atoms with Gasteiger partial charge in [-0.25, -0.2) is 0 Å². The molecule has 4 heteroatoms. The number of rotatable bonds is 5. The number of nitrogens with zero attached hydrogens (tertiary/aromatic N) is 1. The molecule has 0 radical (unpaired) electrons. The molecule has 3 rings (SSSR count). The van der Waals surface area contributed by atoms with Gasteiger partial charge in [0.1, 0.15) is 0 Å². The zero-order valence-corrected chi connectivity index (χ0v) is 13.4. The summed E-state index contributed by atoms with van der Waals surface area (Å²) in [6.45, 7) is 1.84. The van der Waals surface area contributed by atoms with E-state index in [1.54, 1.807) is 11.3 Å². The molecule has 20 heavy (non-hydrogen) atoms. The zero-order chi connectivity index (χ0) is 13.8. The summed E-state index contributed by atoms with van der Waals surface area (Å²) in [5.74, 6) is 0. The van der Waals surface area contributed by atoms with Crippen LogP contribution < -0.4 is 5.32 Å². The predicted molar refractivity (Wildman–Crippen MR) is 89.2 cm³/mol. The van der Waals surface area contributed by atoms with Crippen LogP contribution in [0.15, 0.2) is 52.6 Å². The van der Waals surface area contributed by atoms with Gasteiger partial charge in [-0.1, -0.05) is 24.3 Å². The van der Waals surface area contributed by atoms with Crippen molar-refractivity contribution in [3.05, 3.63) is 63.0 Å². The molecule has 0 spiro atoms. The van der Waals surface area contributed by atoms with Crippen LogP contribution in [0.25, 0.3) is 10.8 Å². The first-order chi connectivity index (χ1) is 9.83. The molecule has 0 atom stereocenters. The molecule has 0 saturated carbocycles. The van der Waals surface area contributed by atoms with Crippen molar-refractivity contribution in [3.63, 3.8) is 0 Å². The van der Waals surface area contributed by atoms with Crippen LogP contribution in [0, 0.1) is 0 Å². The van der Waals surface area contributed by atoms with Crippen LogP contribution in [0.5, 0.6) is 0 Å². The topological polar surface area (TPSA) is 24.9 Å². The Morgan fingerprint density at radius 3 is 2.85 bits per heavy atom. The van der Waals surface area contributed by atoms with Crippen LogP contribution in [0.1, 0.15) is 10.4 Å². The first-order valence-electron chi connectivity index (χ1n) is 6.59. The van der Waals surface area contributed by atoms with E-state index in [2.05, 4.69) is 62.6 Å². The van der Waals surface area contributed by atoms with Crippen molar-refractivity contribution >= 4 is 38.0 Å². The SMILES string of the molecule is Brc1ccc(CCNCc2cncc3ccccc23)s1. The van der Waals surface area contributed by atoms with Crippen LogP contribution in [0.3, 0.4) is 0 Å². The van der Waals surface area contributed by atoms with Gasteiger partial charge in [-0.3, -0.25) is 4.98 Å². The number of thiophene rings is 1. The Balaban J connectivity index is 1.60. The van der Waals surface area contributed by atoms with Gasteiger partial charge < -0.3 is 5.32 Å². The summed E-state index contributed by atoms with van der Waals surface area (Å²) in [6.07, 6.45) is 4.94. The number of aromatic nitrogens is 1.